The lowest BCUT2D eigenvalue weighted by Gasteiger charge is -2.19. The third-order valence-electron chi connectivity index (χ3n) is 3.35. The molecule has 82 valence electrons. The van der Waals surface area contributed by atoms with E-state index < -0.39 is 0 Å². The number of benzene rings is 1. The van der Waals surface area contributed by atoms with Gasteiger partial charge < -0.3 is 5.32 Å². The summed E-state index contributed by atoms with van der Waals surface area (Å²) in [4.78, 5) is 0. The Morgan fingerprint density at radius 3 is 2.60 bits per heavy atom. The fourth-order valence-corrected chi connectivity index (χ4v) is 2.23. The largest absolute Gasteiger partial charge is 0.382 e. The van der Waals surface area contributed by atoms with Gasteiger partial charge in [0, 0.05) is 11.7 Å². The molecule has 0 heterocycles. The van der Waals surface area contributed by atoms with E-state index in [2.05, 4.69) is 44.3 Å². The molecule has 1 aliphatic rings. The topological polar surface area (TPSA) is 12.0 Å². The first kappa shape index (κ1) is 10.5. The number of hydrogen-bond acceptors (Lipinski definition) is 1. The zero-order chi connectivity index (χ0) is 10.8. The Morgan fingerprint density at radius 2 is 2.07 bits per heavy atom. The zero-order valence-electron chi connectivity index (χ0n) is 10.0. The molecule has 1 nitrogen and oxygen atoms in total. The molecule has 0 aromatic heterocycles. The smallest absolute Gasteiger partial charge is 0.0372 e. The maximum Gasteiger partial charge on any atom is 0.0372 e. The number of aryl methyl sites for hydroxylation is 2. The summed E-state index contributed by atoms with van der Waals surface area (Å²) in [6.45, 7) is 6.61. The van der Waals surface area contributed by atoms with Crippen molar-refractivity contribution in [2.24, 2.45) is 5.92 Å². The molecule has 1 fully saturated rings. The van der Waals surface area contributed by atoms with E-state index >= 15 is 0 Å². The van der Waals surface area contributed by atoms with E-state index in [0.717, 1.165) is 5.92 Å². The van der Waals surface area contributed by atoms with Crippen molar-refractivity contribution >= 4 is 5.69 Å². The normalized spacial score (nSPS) is 17.5. The molecule has 0 spiro atoms. The van der Waals surface area contributed by atoms with E-state index in [1.165, 1.54) is 36.1 Å². The van der Waals surface area contributed by atoms with Crippen molar-refractivity contribution in [2.75, 3.05) is 5.32 Å². The van der Waals surface area contributed by atoms with E-state index in [9.17, 15) is 0 Å². The lowest BCUT2D eigenvalue weighted by atomic mass is 10.1. The van der Waals surface area contributed by atoms with Crippen LogP contribution in [-0.2, 0) is 0 Å². The van der Waals surface area contributed by atoms with E-state index in [1.54, 1.807) is 0 Å². The SMILES string of the molecule is CCC(Nc1ccc(C)cc1C)C1CC1. The van der Waals surface area contributed by atoms with Crippen LogP contribution in [0.25, 0.3) is 0 Å². The van der Waals surface area contributed by atoms with Crippen LogP contribution in [0, 0.1) is 19.8 Å². The van der Waals surface area contributed by atoms with Gasteiger partial charge in [0.25, 0.3) is 0 Å². The molecule has 1 aliphatic carbocycles. The van der Waals surface area contributed by atoms with Gasteiger partial charge in [-0.15, -0.1) is 0 Å². The lowest BCUT2D eigenvalue weighted by molar-refractivity contribution is 0.616. The minimum atomic E-state index is 0.686. The summed E-state index contributed by atoms with van der Waals surface area (Å²) in [6.07, 6.45) is 4.06. The summed E-state index contributed by atoms with van der Waals surface area (Å²) < 4.78 is 0. The van der Waals surface area contributed by atoms with Gasteiger partial charge in [0.2, 0.25) is 0 Å². The Labute approximate surface area is 92.9 Å². The second-order valence-corrected chi connectivity index (χ2v) is 4.81. The molecule has 1 aromatic carbocycles. The number of hydrogen-bond donors (Lipinski definition) is 1. The molecular formula is C14H21N. The summed E-state index contributed by atoms with van der Waals surface area (Å²) in [5.41, 5.74) is 4.03. The van der Waals surface area contributed by atoms with Crippen molar-refractivity contribution in [3.63, 3.8) is 0 Å². The maximum absolute atomic E-state index is 3.69. The highest BCUT2D eigenvalue weighted by Crippen LogP contribution is 2.36. The van der Waals surface area contributed by atoms with Gasteiger partial charge in [-0.2, -0.15) is 0 Å². The third kappa shape index (κ3) is 2.53. The van der Waals surface area contributed by atoms with Gasteiger partial charge >= 0.3 is 0 Å². The molecule has 1 saturated carbocycles. The minimum Gasteiger partial charge on any atom is -0.382 e. The van der Waals surface area contributed by atoms with Crippen LogP contribution in [0.4, 0.5) is 5.69 Å². The Hall–Kier alpha value is -0.980. The second-order valence-electron chi connectivity index (χ2n) is 4.81. The first-order valence-electron chi connectivity index (χ1n) is 6.04. The van der Waals surface area contributed by atoms with Crippen LogP contribution in [-0.4, -0.2) is 6.04 Å². The van der Waals surface area contributed by atoms with Crippen molar-refractivity contribution in [1.29, 1.82) is 0 Å². The van der Waals surface area contributed by atoms with Gasteiger partial charge in [-0.3, -0.25) is 0 Å². The molecule has 2 rings (SSSR count). The fraction of sp³-hybridized carbons (Fsp3) is 0.571. The molecule has 15 heavy (non-hydrogen) atoms. The van der Waals surface area contributed by atoms with Crippen molar-refractivity contribution in [1.82, 2.24) is 0 Å². The highest BCUT2D eigenvalue weighted by Gasteiger charge is 2.29. The molecule has 0 aliphatic heterocycles. The Balaban J connectivity index is 2.08. The highest BCUT2D eigenvalue weighted by atomic mass is 14.9. The van der Waals surface area contributed by atoms with Crippen molar-refractivity contribution in [2.45, 2.75) is 46.1 Å². The molecule has 0 bridgehead atoms. The summed E-state index contributed by atoms with van der Waals surface area (Å²) in [7, 11) is 0. The molecular weight excluding hydrogens is 182 g/mol. The number of anilines is 1. The molecule has 0 amide bonds. The van der Waals surface area contributed by atoms with Crippen LogP contribution >= 0.6 is 0 Å². The standard InChI is InChI=1S/C14H21N/c1-4-13(12-6-7-12)15-14-8-5-10(2)9-11(14)3/h5,8-9,12-13,15H,4,6-7H2,1-3H3. The average Bonchev–Trinajstić information content (AvgIpc) is 3.00. The molecule has 0 radical (unpaired) electrons. The zero-order valence-corrected chi connectivity index (χ0v) is 10.0. The Kier molecular flexibility index (Phi) is 2.99. The Morgan fingerprint density at radius 1 is 1.33 bits per heavy atom. The highest BCUT2D eigenvalue weighted by molar-refractivity contribution is 5.52. The number of nitrogens with one attached hydrogen (secondary N) is 1. The summed E-state index contributed by atoms with van der Waals surface area (Å²) in [5, 5.41) is 3.69. The monoisotopic (exact) mass is 203 g/mol. The average molecular weight is 203 g/mol. The van der Waals surface area contributed by atoms with Gasteiger partial charge in [-0.25, -0.2) is 0 Å². The van der Waals surface area contributed by atoms with Crippen molar-refractivity contribution in [3.8, 4) is 0 Å². The van der Waals surface area contributed by atoms with Gasteiger partial charge in [-0.1, -0.05) is 24.6 Å². The molecule has 0 saturated heterocycles. The van der Waals surface area contributed by atoms with Crippen LogP contribution in [0.2, 0.25) is 0 Å². The van der Waals surface area contributed by atoms with Crippen LogP contribution in [0.5, 0.6) is 0 Å². The van der Waals surface area contributed by atoms with Gasteiger partial charge in [-0.05, 0) is 50.7 Å². The molecule has 1 unspecified atom stereocenters. The van der Waals surface area contributed by atoms with Crippen LogP contribution in [0.15, 0.2) is 18.2 Å². The van der Waals surface area contributed by atoms with Crippen LogP contribution < -0.4 is 5.32 Å². The van der Waals surface area contributed by atoms with Crippen LogP contribution in [0.3, 0.4) is 0 Å². The van der Waals surface area contributed by atoms with Gasteiger partial charge in [0.15, 0.2) is 0 Å². The number of rotatable bonds is 4. The first-order chi connectivity index (χ1) is 7.20. The maximum atomic E-state index is 3.69. The summed E-state index contributed by atoms with van der Waals surface area (Å²) in [5.74, 6) is 0.927. The summed E-state index contributed by atoms with van der Waals surface area (Å²) >= 11 is 0. The Bertz CT molecular complexity index is 339. The lowest BCUT2D eigenvalue weighted by Crippen LogP contribution is -2.21. The molecule has 1 heteroatoms. The van der Waals surface area contributed by atoms with E-state index in [-0.39, 0.29) is 0 Å². The summed E-state index contributed by atoms with van der Waals surface area (Å²) in [6, 6.07) is 7.35. The van der Waals surface area contributed by atoms with E-state index in [0.29, 0.717) is 6.04 Å². The molecule has 1 atom stereocenters. The van der Waals surface area contributed by atoms with E-state index in [1.807, 2.05) is 0 Å². The van der Waals surface area contributed by atoms with Crippen molar-refractivity contribution < 1.29 is 0 Å². The van der Waals surface area contributed by atoms with Crippen LogP contribution in [0.1, 0.15) is 37.3 Å². The third-order valence-corrected chi connectivity index (χ3v) is 3.35. The predicted octanol–water partition coefficient (Wildman–Crippen LogP) is 3.90. The molecule has 1 N–H and O–H groups in total. The van der Waals surface area contributed by atoms with Gasteiger partial charge in [0.05, 0.1) is 0 Å². The second kappa shape index (κ2) is 4.26. The quantitative estimate of drug-likeness (QED) is 0.782. The van der Waals surface area contributed by atoms with Gasteiger partial charge in [0.1, 0.15) is 0 Å². The van der Waals surface area contributed by atoms with Crippen molar-refractivity contribution in [3.05, 3.63) is 29.3 Å². The minimum absolute atomic E-state index is 0.686. The first-order valence-corrected chi connectivity index (χ1v) is 6.04. The predicted molar refractivity (Wildman–Crippen MR) is 66.3 cm³/mol. The van der Waals surface area contributed by atoms with E-state index in [4.69, 9.17) is 0 Å². The fourth-order valence-electron chi connectivity index (χ4n) is 2.23. The molecule has 1 aromatic rings.